The van der Waals surface area contributed by atoms with Crippen LogP contribution in [0.5, 0.6) is 0 Å². The largest absolute Gasteiger partial charge is 0.378 e. The second-order valence-electron chi connectivity index (χ2n) is 3.53. The molecule has 1 saturated heterocycles. The third kappa shape index (κ3) is 5.21. The Morgan fingerprint density at radius 3 is 1.69 bits per heavy atom. The van der Waals surface area contributed by atoms with Crippen molar-refractivity contribution in [1.29, 1.82) is 0 Å². The van der Waals surface area contributed by atoms with E-state index in [1.807, 2.05) is 0 Å². The van der Waals surface area contributed by atoms with E-state index >= 15 is 0 Å². The van der Waals surface area contributed by atoms with Gasteiger partial charge in [0, 0.05) is 13.1 Å². The van der Waals surface area contributed by atoms with Crippen molar-refractivity contribution in [3.8, 4) is 0 Å². The van der Waals surface area contributed by atoms with E-state index in [9.17, 15) is 0 Å². The summed E-state index contributed by atoms with van der Waals surface area (Å²) in [7, 11) is 4.22. The third-order valence-electron chi connectivity index (χ3n) is 2.09. The fourth-order valence-electron chi connectivity index (χ4n) is 1.32. The minimum absolute atomic E-state index is 0.720. The summed E-state index contributed by atoms with van der Waals surface area (Å²) in [5.74, 6) is 0. The van der Waals surface area contributed by atoms with Crippen molar-refractivity contribution in [3.63, 3.8) is 0 Å². The van der Waals surface area contributed by atoms with Crippen molar-refractivity contribution in [2.45, 2.75) is 0 Å². The summed E-state index contributed by atoms with van der Waals surface area (Å²) in [4.78, 5) is 4.51. The maximum atomic E-state index is 5.39. The second-order valence-corrected chi connectivity index (χ2v) is 3.53. The molecule has 1 aliphatic rings. The summed E-state index contributed by atoms with van der Waals surface area (Å²) < 4.78 is 10.8. The predicted molar refractivity (Wildman–Crippen MR) is 51.8 cm³/mol. The van der Waals surface area contributed by atoms with Crippen LogP contribution in [0.2, 0.25) is 0 Å². The highest BCUT2D eigenvalue weighted by atomic mass is 16.5. The number of nitrogens with zero attached hydrogens (tertiary/aromatic N) is 2. The molecule has 0 amide bonds. The van der Waals surface area contributed by atoms with Crippen LogP contribution in [0.4, 0.5) is 0 Å². The van der Waals surface area contributed by atoms with Crippen LogP contribution in [0.3, 0.4) is 0 Å². The molecule has 0 bridgehead atoms. The van der Waals surface area contributed by atoms with Gasteiger partial charge in [0.2, 0.25) is 0 Å². The van der Waals surface area contributed by atoms with E-state index in [0.717, 1.165) is 46.2 Å². The minimum atomic E-state index is 0.720. The average molecular weight is 188 g/mol. The first-order chi connectivity index (χ1) is 6.29. The van der Waals surface area contributed by atoms with E-state index < -0.39 is 0 Å². The second kappa shape index (κ2) is 6.32. The van der Waals surface area contributed by atoms with Gasteiger partial charge in [-0.15, -0.1) is 0 Å². The van der Waals surface area contributed by atoms with E-state index in [1.54, 1.807) is 0 Å². The molecule has 1 rings (SSSR count). The Labute approximate surface area is 80.4 Å². The van der Waals surface area contributed by atoms with Crippen LogP contribution in [0.1, 0.15) is 0 Å². The Morgan fingerprint density at radius 2 is 1.23 bits per heavy atom. The molecule has 0 saturated carbocycles. The zero-order valence-corrected chi connectivity index (χ0v) is 8.66. The number of hydrogen-bond donors (Lipinski definition) is 0. The Kier molecular flexibility index (Phi) is 5.31. The fourth-order valence-corrected chi connectivity index (χ4v) is 1.32. The fraction of sp³-hybridized carbons (Fsp3) is 1.00. The van der Waals surface area contributed by atoms with E-state index in [1.165, 1.54) is 0 Å². The lowest BCUT2D eigenvalue weighted by atomic mass is 10.5. The van der Waals surface area contributed by atoms with Gasteiger partial charge < -0.3 is 9.47 Å². The molecule has 0 aromatic heterocycles. The van der Waals surface area contributed by atoms with Crippen molar-refractivity contribution in [2.75, 3.05) is 60.3 Å². The Balaban J connectivity index is 2.25. The van der Waals surface area contributed by atoms with E-state index in [4.69, 9.17) is 9.47 Å². The van der Waals surface area contributed by atoms with Crippen molar-refractivity contribution in [2.24, 2.45) is 0 Å². The summed E-state index contributed by atoms with van der Waals surface area (Å²) in [6.07, 6.45) is 0. The van der Waals surface area contributed by atoms with Gasteiger partial charge in [0.15, 0.2) is 0 Å². The van der Waals surface area contributed by atoms with Crippen molar-refractivity contribution >= 4 is 0 Å². The minimum Gasteiger partial charge on any atom is -0.378 e. The molecule has 0 spiro atoms. The topological polar surface area (TPSA) is 24.9 Å². The van der Waals surface area contributed by atoms with Gasteiger partial charge in [-0.05, 0) is 14.1 Å². The molecule has 0 aromatic carbocycles. The van der Waals surface area contributed by atoms with Gasteiger partial charge >= 0.3 is 0 Å². The van der Waals surface area contributed by atoms with Crippen molar-refractivity contribution < 1.29 is 9.47 Å². The zero-order valence-electron chi connectivity index (χ0n) is 8.66. The normalized spacial score (nSPS) is 25.4. The lowest BCUT2D eigenvalue weighted by Gasteiger charge is -2.23. The van der Waals surface area contributed by atoms with Gasteiger partial charge in [0.1, 0.15) is 0 Å². The van der Waals surface area contributed by atoms with Crippen LogP contribution in [0, 0.1) is 0 Å². The molecule has 0 unspecified atom stereocenters. The molecule has 0 atom stereocenters. The lowest BCUT2D eigenvalue weighted by molar-refractivity contribution is 0.0469. The van der Waals surface area contributed by atoms with Crippen molar-refractivity contribution in [1.82, 2.24) is 9.80 Å². The summed E-state index contributed by atoms with van der Waals surface area (Å²) in [6.45, 7) is 6.00. The standard InChI is InChI=1S/C9H20N2O2/c1-10-3-5-12-7-8-13-6-4-11(2)9-10/h3-9H2,1-2H3. The zero-order chi connectivity index (χ0) is 9.52. The highest BCUT2D eigenvalue weighted by molar-refractivity contribution is 4.53. The van der Waals surface area contributed by atoms with Crippen LogP contribution in [-0.2, 0) is 9.47 Å². The first-order valence-electron chi connectivity index (χ1n) is 4.81. The summed E-state index contributed by atoms with van der Waals surface area (Å²) >= 11 is 0. The van der Waals surface area contributed by atoms with Gasteiger partial charge in [0.05, 0.1) is 33.1 Å². The molecule has 0 aliphatic carbocycles. The summed E-state index contributed by atoms with van der Waals surface area (Å²) in [5.41, 5.74) is 0. The maximum Gasteiger partial charge on any atom is 0.0701 e. The quantitative estimate of drug-likeness (QED) is 0.528. The molecule has 13 heavy (non-hydrogen) atoms. The third-order valence-corrected chi connectivity index (χ3v) is 2.09. The molecule has 1 aliphatic heterocycles. The average Bonchev–Trinajstić information content (AvgIpc) is 2.11. The number of hydrogen-bond acceptors (Lipinski definition) is 4. The van der Waals surface area contributed by atoms with Gasteiger partial charge in [-0.25, -0.2) is 0 Å². The maximum absolute atomic E-state index is 5.39. The molecule has 78 valence electrons. The Bertz CT molecular complexity index is 119. The lowest BCUT2D eigenvalue weighted by Crippen LogP contribution is -2.36. The molecule has 1 heterocycles. The highest BCUT2D eigenvalue weighted by Gasteiger charge is 2.04. The number of likely N-dealkylation sites (N-methyl/N-ethyl adjacent to an activating group) is 2. The Morgan fingerprint density at radius 1 is 0.769 bits per heavy atom. The van der Waals surface area contributed by atoms with Crippen LogP contribution < -0.4 is 0 Å². The van der Waals surface area contributed by atoms with Crippen LogP contribution in [-0.4, -0.2) is 70.1 Å². The van der Waals surface area contributed by atoms with E-state index in [2.05, 4.69) is 23.9 Å². The monoisotopic (exact) mass is 188 g/mol. The smallest absolute Gasteiger partial charge is 0.0701 e. The van der Waals surface area contributed by atoms with E-state index in [-0.39, 0.29) is 0 Å². The molecular formula is C9H20N2O2. The van der Waals surface area contributed by atoms with Crippen LogP contribution >= 0.6 is 0 Å². The van der Waals surface area contributed by atoms with Crippen molar-refractivity contribution in [3.05, 3.63) is 0 Å². The van der Waals surface area contributed by atoms with Gasteiger partial charge in [-0.3, -0.25) is 9.80 Å². The van der Waals surface area contributed by atoms with Gasteiger partial charge in [-0.1, -0.05) is 0 Å². The highest BCUT2D eigenvalue weighted by Crippen LogP contribution is 1.91. The molecule has 0 N–H and O–H groups in total. The molecule has 0 aromatic rings. The summed E-state index contributed by atoms with van der Waals surface area (Å²) in [6, 6.07) is 0. The molecule has 4 heteroatoms. The first kappa shape index (κ1) is 10.9. The SMILES string of the molecule is CN1CCOCCOCCN(C)C1. The van der Waals surface area contributed by atoms with Crippen LogP contribution in [0.15, 0.2) is 0 Å². The number of rotatable bonds is 0. The van der Waals surface area contributed by atoms with Gasteiger partial charge in [0.25, 0.3) is 0 Å². The first-order valence-corrected chi connectivity index (χ1v) is 4.81. The molecular weight excluding hydrogens is 168 g/mol. The summed E-state index contributed by atoms with van der Waals surface area (Å²) in [5, 5.41) is 0. The van der Waals surface area contributed by atoms with E-state index in [0.29, 0.717) is 0 Å². The molecule has 1 fully saturated rings. The number of ether oxygens (including phenoxy) is 2. The van der Waals surface area contributed by atoms with Crippen LogP contribution in [0.25, 0.3) is 0 Å². The molecule has 0 radical (unpaired) electrons. The van der Waals surface area contributed by atoms with Gasteiger partial charge in [-0.2, -0.15) is 0 Å². The Hall–Kier alpha value is -0.160. The molecule has 4 nitrogen and oxygen atoms in total. The predicted octanol–water partition coefficient (Wildman–Crippen LogP) is -0.146.